The number of aliphatic hydroxyl groups excluding tert-OH is 1. The van der Waals surface area contributed by atoms with Crippen LogP contribution in [0.3, 0.4) is 0 Å². The van der Waals surface area contributed by atoms with Gasteiger partial charge in [-0.15, -0.1) is 0 Å². The first-order chi connectivity index (χ1) is 7.79. The van der Waals surface area contributed by atoms with Crippen molar-refractivity contribution in [3.63, 3.8) is 0 Å². The van der Waals surface area contributed by atoms with E-state index in [0.717, 1.165) is 24.9 Å². The number of aliphatic hydroxyl groups is 1. The zero-order chi connectivity index (χ0) is 11.4. The predicted octanol–water partition coefficient (Wildman–Crippen LogP) is 1.01. The van der Waals surface area contributed by atoms with Gasteiger partial charge in [-0.25, -0.2) is 0 Å². The molecule has 0 saturated heterocycles. The van der Waals surface area contributed by atoms with E-state index in [4.69, 9.17) is 5.11 Å². The fraction of sp³-hybridized carbons (Fsp3) is 0.750. The zero-order valence-electron chi connectivity index (χ0n) is 9.89. The molecule has 0 spiro atoms. The van der Waals surface area contributed by atoms with E-state index in [0.29, 0.717) is 6.54 Å². The summed E-state index contributed by atoms with van der Waals surface area (Å²) in [4.78, 5) is 0. The first kappa shape index (κ1) is 11.6. The number of nitrogens with one attached hydrogen (secondary N) is 1. The molecular weight excluding hydrogens is 202 g/mol. The normalized spacial score (nSPS) is 17.6. The summed E-state index contributed by atoms with van der Waals surface area (Å²) in [5, 5.41) is 16.4. The Kier molecular flexibility index (Phi) is 3.96. The molecule has 2 rings (SSSR count). The molecule has 1 aromatic rings. The number of aromatic nitrogens is 2. The summed E-state index contributed by atoms with van der Waals surface area (Å²) in [5.74, 6) is 1.76. The third-order valence-corrected chi connectivity index (χ3v) is 3.24. The van der Waals surface area contributed by atoms with Crippen LogP contribution in [0.5, 0.6) is 0 Å². The van der Waals surface area contributed by atoms with Gasteiger partial charge in [-0.05, 0) is 31.2 Å². The minimum absolute atomic E-state index is 0.146. The van der Waals surface area contributed by atoms with E-state index in [1.165, 1.54) is 18.4 Å². The van der Waals surface area contributed by atoms with Crippen molar-refractivity contribution in [1.82, 2.24) is 15.1 Å². The monoisotopic (exact) mass is 223 g/mol. The average molecular weight is 223 g/mol. The molecule has 0 aromatic carbocycles. The van der Waals surface area contributed by atoms with Crippen LogP contribution in [0.4, 0.5) is 0 Å². The van der Waals surface area contributed by atoms with Gasteiger partial charge in [-0.1, -0.05) is 6.92 Å². The van der Waals surface area contributed by atoms with Gasteiger partial charge in [0.2, 0.25) is 0 Å². The Labute approximate surface area is 96.7 Å². The lowest BCUT2D eigenvalue weighted by atomic mass is 10.1. The molecule has 1 fully saturated rings. The third-order valence-electron chi connectivity index (χ3n) is 3.24. The molecule has 1 aromatic heterocycles. The Balaban J connectivity index is 1.67. The second-order valence-corrected chi connectivity index (χ2v) is 4.78. The smallest absolute Gasteiger partial charge is 0.0640 e. The van der Waals surface area contributed by atoms with Gasteiger partial charge < -0.3 is 10.4 Å². The van der Waals surface area contributed by atoms with Crippen molar-refractivity contribution in [3.05, 3.63) is 18.0 Å². The minimum atomic E-state index is 0.146. The van der Waals surface area contributed by atoms with Crippen molar-refractivity contribution in [2.45, 2.75) is 32.9 Å². The molecule has 1 saturated carbocycles. The quantitative estimate of drug-likeness (QED) is 0.725. The fourth-order valence-corrected chi connectivity index (χ4v) is 2.00. The largest absolute Gasteiger partial charge is 0.394 e. The third kappa shape index (κ3) is 3.32. The van der Waals surface area contributed by atoms with Gasteiger partial charge in [0, 0.05) is 18.3 Å². The molecule has 0 amide bonds. The summed E-state index contributed by atoms with van der Waals surface area (Å²) in [5.41, 5.74) is 1.19. The summed E-state index contributed by atoms with van der Waals surface area (Å²) in [6, 6.07) is 0. The molecule has 1 unspecified atom stereocenters. The molecule has 4 nitrogen and oxygen atoms in total. The number of hydrogen-bond donors (Lipinski definition) is 2. The van der Waals surface area contributed by atoms with Crippen LogP contribution in [0.15, 0.2) is 12.4 Å². The fourth-order valence-electron chi connectivity index (χ4n) is 2.00. The van der Waals surface area contributed by atoms with Crippen molar-refractivity contribution in [2.75, 3.05) is 13.2 Å². The average Bonchev–Trinajstić information content (AvgIpc) is 3.02. The Morgan fingerprint density at radius 1 is 1.62 bits per heavy atom. The molecule has 90 valence electrons. The minimum Gasteiger partial charge on any atom is -0.394 e. The molecule has 0 aliphatic heterocycles. The van der Waals surface area contributed by atoms with Gasteiger partial charge in [0.1, 0.15) is 0 Å². The van der Waals surface area contributed by atoms with Crippen molar-refractivity contribution >= 4 is 0 Å². The lowest BCUT2D eigenvalue weighted by molar-refractivity contribution is 0.269. The van der Waals surface area contributed by atoms with Crippen molar-refractivity contribution in [1.29, 1.82) is 0 Å². The highest BCUT2D eigenvalue weighted by molar-refractivity contribution is 5.03. The van der Waals surface area contributed by atoms with Crippen LogP contribution >= 0.6 is 0 Å². The number of nitrogens with zero attached hydrogens (tertiary/aromatic N) is 2. The second-order valence-electron chi connectivity index (χ2n) is 4.78. The first-order valence-corrected chi connectivity index (χ1v) is 6.12. The summed E-state index contributed by atoms with van der Waals surface area (Å²) in [6.45, 7) is 5.02. The van der Waals surface area contributed by atoms with Crippen molar-refractivity contribution in [3.8, 4) is 0 Å². The molecule has 0 radical (unpaired) electrons. The topological polar surface area (TPSA) is 50.1 Å². The second kappa shape index (κ2) is 5.46. The van der Waals surface area contributed by atoms with Crippen LogP contribution < -0.4 is 5.32 Å². The summed E-state index contributed by atoms with van der Waals surface area (Å²) < 4.78 is 1.78. The van der Waals surface area contributed by atoms with E-state index < -0.39 is 0 Å². The van der Waals surface area contributed by atoms with Crippen LogP contribution in [0.25, 0.3) is 0 Å². The first-order valence-electron chi connectivity index (χ1n) is 6.12. The highest BCUT2D eigenvalue weighted by atomic mass is 16.3. The van der Waals surface area contributed by atoms with E-state index in [9.17, 15) is 0 Å². The van der Waals surface area contributed by atoms with Crippen LogP contribution in [0, 0.1) is 11.8 Å². The van der Waals surface area contributed by atoms with Crippen LogP contribution in [-0.4, -0.2) is 28.0 Å². The van der Waals surface area contributed by atoms with Gasteiger partial charge >= 0.3 is 0 Å². The van der Waals surface area contributed by atoms with Gasteiger partial charge in [-0.3, -0.25) is 4.68 Å². The Morgan fingerprint density at radius 3 is 3.12 bits per heavy atom. The molecule has 16 heavy (non-hydrogen) atoms. The molecule has 0 bridgehead atoms. The van der Waals surface area contributed by atoms with Crippen LogP contribution in [-0.2, 0) is 13.1 Å². The molecule has 1 aliphatic carbocycles. The van der Waals surface area contributed by atoms with Gasteiger partial charge in [-0.2, -0.15) is 5.10 Å². The Bertz CT molecular complexity index is 320. The predicted molar refractivity (Wildman–Crippen MR) is 62.9 cm³/mol. The summed E-state index contributed by atoms with van der Waals surface area (Å²) >= 11 is 0. The van der Waals surface area contributed by atoms with Gasteiger partial charge in [0.15, 0.2) is 0 Å². The maximum Gasteiger partial charge on any atom is 0.0640 e. The Hall–Kier alpha value is -0.870. The zero-order valence-corrected chi connectivity index (χ0v) is 9.89. The molecule has 2 N–H and O–H groups in total. The standard InChI is InChI=1S/C12H21N3O/c1-10(12-2-3-12)6-13-7-11-8-14-15(9-11)4-5-16/h8-10,12-13,16H,2-7H2,1H3. The van der Waals surface area contributed by atoms with E-state index in [1.807, 2.05) is 12.4 Å². The maximum absolute atomic E-state index is 8.77. The highest BCUT2D eigenvalue weighted by Gasteiger charge is 2.27. The van der Waals surface area contributed by atoms with Crippen molar-refractivity contribution in [2.24, 2.45) is 11.8 Å². The lowest BCUT2D eigenvalue weighted by Gasteiger charge is -2.10. The van der Waals surface area contributed by atoms with E-state index in [-0.39, 0.29) is 6.61 Å². The summed E-state index contributed by atoms with van der Waals surface area (Å²) in [6.07, 6.45) is 6.68. The van der Waals surface area contributed by atoms with Crippen LogP contribution in [0.2, 0.25) is 0 Å². The molecule has 1 heterocycles. The molecular formula is C12H21N3O. The maximum atomic E-state index is 8.77. The van der Waals surface area contributed by atoms with E-state index in [1.54, 1.807) is 4.68 Å². The summed E-state index contributed by atoms with van der Waals surface area (Å²) in [7, 11) is 0. The highest BCUT2D eigenvalue weighted by Crippen LogP contribution is 2.36. The number of hydrogen-bond acceptors (Lipinski definition) is 3. The Morgan fingerprint density at radius 2 is 2.44 bits per heavy atom. The molecule has 4 heteroatoms. The lowest BCUT2D eigenvalue weighted by Crippen LogP contribution is -2.21. The van der Waals surface area contributed by atoms with Crippen LogP contribution in [0.1, 0.15) is 25.3 Å². The number of rotatable bonds is 7. The van der Waals surface area contributed by atoms with E-state index >= 15 is 0 Å². The van der Waals surface area contributed by atoms with Gasteiger partial charge in [0.25, 0.3) is 0 Å². The van der Waals surface area contributed by atoms with Gasteiger partial charge in [0.05, 0.1) is 19.3 Å². The molecule has 1 aliphatic rings. The SMILES string of the molecule is CC(CNCc1cnn(CCO)c1)C1CC1. The molecule has 1 atom stereocenters. The van der Waals surface area contributed by atoms with Crippen molar-refractivity contribution < 1.29 is 5.11 Å². The van der Waals surface area contributed by atoms with E-state index in [2.05, 4.69) is 17.3 Å².